The molecule has 1 aromatic heterocycles. The molecule has 148 valence electrons. The van der Waals surface area contributed by atoms with Gasteiger partial charge in [-0.25, -0.2) is 0 Å². The normalized spacial score (nSPS) is 17.6. The first-order valence-corrected chi connectivity index (χ1v) is 10.2. The van der Waals surface area contributed by atoms with Gasteiger partial charge in [-0.15, -0.1) is 29.6 Å². The van der Waals surface area contributed by atoms with E-state index in [1.807, 2.05) is 25.1 Å². The maximum atomic E-state index is 6.02. The monoisotopic (exact) mass is 415 g/mol. The first-order valence-electron chi connectivity index (χ1n) is 9.35. The summed E-state index contributed by atoms with van der Waals surface area (Å²) in [5, 5.41) is 9.92. The third-order valence-electron chi connectivity index (χ3n) is 5.44. The molecule has 0 aliphatic heterocycles. The summed E-state index contributed by atoms with van der Waals surface area (Å²) in [6.45, 7) is 5.76. The van der Waals surface area contributed by atoms with Gasteiger partial charge in [-0.1, -0.05) is 47.5 Å². The van der Waals surface area contributed by atoms with Gasteiger partial charge in [0.05, 0.1) is 5.41 Å². The molecular formula is C23H27Cl2N3. The van der Waals surface area contributed by atoms with E-state index in [9.17, 15) is 0 Å². The van der Waals surface area contributed by atoms with Gasteiger partial charge in [0, 0.05) is 17.5 Å². The van der Waals surface area contributed by atoms with Crippen molar-refractivity contribution in [2.75, 3.05) is 0 Å². The number of halogens is 2. The van der Waals surface area contributed by atoms with Gasteiger partial charge in [-0.05, 0) is 62.3 Å². The van der Waals surface area contributed by atoms with Gasteiger partial charge >= 0.3 is 0 Å². The van der Waals surface area contributed by atoms with Gasteiger partial charge in [0.15, 0.2) is 0 Å². The van der Waals surface area contributed by atoms with Crippen LogP contribution in [0.5, 0.6) is 0 Å². The molecule has 2 aliphatic rings. The lowest BCUT2D eigenvalue weighted by Crippen LogP contribution is -2.18. The highest BCUT2D eigenvalue weighted by Crippen LogP contribution is 2.55. The number of terminal acetylenes is 1. The van der Waals surface area contributed by atoms with E-state index in [1.165, 1.54) is 23.9 Å². The van der Waals surface area contributed by atoms with E-state index in [0.29, 0.717) is 0 Å². The molecule has 1 heterocycles. The van der Waals surface area contributed by atoms with Crippen LogP contribution in [0.4, 0.5) is 0 Å². The number of hydrogen-bond acceptors (Lipinski definition) is 2. The first kappa shape index (κ1) is 22.3. The largest absolute Gasteiger partial charge is 0.317 e. The summed E-state index contributed by atoms with van der Waals surface area (Å²) in [5.74, 6) is 2.22. The van der Waals surface area contributed by atoms with Crippen LogP contribution in [-0.2, 0) is 17.9 Å². The van der Waals surface area contributed by atoms with Crippen molar-refractivity contribution in [3.05, 3.63) is 70.8 Å². The van der Waals surface area contributed by atoms with E-state index >= 15 is 0 Å². The molecule has 1 aromatic carbocycles. The summed E-state index contributed by atoms with van der Waals surface area (Å²) in [6.07, 6.45) is 17.4. The molecule has 2 aromatic rings. The first-order chi connectivity index (χ1) is 13.5. The molecule has 0 amide bonds. The van der Waals surface area contributed by atoms with Crippen LogP contribution in [-0.4, -0.2) is 14.8 Å². The van der Waals surface area contributed by atoms with Crippen molar-refractivity contribution >= 4 is 23.2 Å². The molecule has 2 saturated carbocycles. The highest BCUT2D eigenvalue weighted by atomic mass is 35.5. The van der Waals surface area contributed by atoms with E-state index in [1.54, 1.807) is 6.08 Å². The van der Waals surface area contributed by atoms with Crippen molar-refractivity contribution in [3.63, 3.8) is 0 Å². The number of nitrogens with zero attached hydrogens (tertiary/aromatic N) is 3. The third-order valence-corrected chi connectivity index (χ3v) is 5.94. The van der Waals surface area contributed by atoms with Gasteiger partial charge in [0.25, 0.3) is 0 Å². The minimum Gasteiger partial charge on any atom is -0.317 e. The topological polar surface area (TPSA) is 30.7 Å². The summed E-state index contributed by atoms with van der Waals surface area (Å²) in [7, 11) is 2.11. The Balaban J connectivity index is 0.000000419. The standard InChI is InChI=1S/C18H20ClN3.C3H5Cl.C2H2/c1-3-8-17(9-10-17)15-20-21-16(22(15)2)18(11-12-18)13-4-6-14(19)7-5-13;1-2-3-4;1-2/h3-7H,1,8-12H2,2H3;2-3H,1H3;1-2H/b;3-2+;. The van der Waals surface area contributed by atoms with Crippen molar-refractivity contribution in [3.8, 4) is 12.8 Å². The maximum absolute atomic E-state index is 6.02. The molecule has 2 aliphatic carbocycles. The Morgan fingerprint density at radius 2 is 1.64 bits per heavy atom. The highest BCUT2D eigenvalue weighted by molar-refractivity contribution is 6.30. The summed E-state index contributed by atoms with van der Waals surface area (Å²) in [4.78, 5) is 0. The Labute approximate surface area is 178 Å². The molecule has 0 spiro atoms. The van der Waals surface area contributed by atoms with E-state index in [4.69, 9.17) is 23.2 Å². The highest BCUT2D eigenvalue weighted by Gasteiger charge is 2.53. The number of allylic oxidation sites excluding steroid dienone is 2. The Hall–Kier alpha value is -2.02. The SMILES string of the molecule is C#C.C/C=C/Cl.C=CCC1(c2nnc(C3(c4ccc(Cl)cc4)CC3)n2C)CC1. The number of aromatic nitrogens is 3. The molecule has 0 atom stereocenters. The molecule has 4 rings (SSSR count). The smallest absolute Gasteiger partial charge is 0.143 e. The number of hydrogen-bond donors (Lipinski definition) is 0. The number of benzene rings is 1. The molecule has 0 saturated heterocycles. The zero-order chi connectivity index (χ0) is 20.8. The molecule has 0 N–H and O–H groups in total. The fourth-order valence-corrected chi connectivity index (χ4v) is 3.82. The number of rotatable bonds is 5. The van der Waals surface area contributed by atoms with E-state index in [0.717, 1.165) is 35.9 Å². The van der Waals surface area contributed by atoms with Gasteiger partial charge < -0.3 is 4.57 Å². The van der Waals surface area contributed by atoms with Gasteiger partial charge in [-0.2, -0.15) is 0 Å². The average molecular weight is 416 g/mol. The maximum Gasteiger partial charge on any atom is 0.143 e. The second-order valence-corrected chi connectivity index (χ2v) is 7.92. The molecule has 28 heavy (non-hydrogen) atoms. The van der Waals surface area contributed by atoms with E-state index < -0.39 is 0 Å². The molecule has 3 nitrogen and oxygen atoms in total. The molecule has 0 unspecified atom stereocenters. The van der Waals surface area contributed by atoms with Crippen LogP contribution in [0.3, 0.4) is 0 Å². The van der Waals surface area contributed by atoms with Crippen molar-refractivity contribution in [1.82, 2.24) is 14.8 Å². The van der Waals surface area contributed by atoms with Gasteiger partial charge in [-0.3, -0.25) is 0 Å². The lowest BCUT2D eigenvalue weighted by molar-refractivity contribution is 0.592. The summed E-state index contributed by atoms with van der Waals surface area (Å²) >= 11 is 11.0. The Morgan fingerprint density at radius 3 is 2.07 bits per heavy atom. The van der Waals surface area contributed by atoms with Gasteiger partial charge in [0.1, 0.15) is 11.6 Å². The molecule has 5 heteroatoms. The van der Waals surface area contributed by atoms with Gasteiger partial charge in [0.2, 0.25) is 0 Å². The fraction of sp³-hybridized carbons (Fsp3) is 0.391. The molecule has 2 fully saturated rings. The van der Waals surface area contributed by atoms with Crippen LogP contribution >= 0.6 is 23.2 Å². The summed E-state index contributed by atoms with van der Waals surface area (Å²) < 4.78 is 2.23. The fourth-order valence-electron chi connectivity index (χ4n) is 3.69. The zero-order valence-electron chi connectivity index (χ0n) is 16.5. The Bertz CT molecular complexity index is 834. The minimum absolute atomic E-state index is 0.0366. The minimum atomic E-state index is 0.0366. The molecular weight excluding hydrogens is 389 g/mol. The summed E-state index contributed by atoms with van der Waals surface area (Å²) in [5.41, 5.74) is 3.00. The lowest BCUT2D eigenvalue weighted by Gasteiger charge is -2.17. The molecule has 0 bridgehead atoms. The van der Waals surface area contributed by atoms with Crippen LogP contribution < -0.4 is 0 Å². The van der Waals surface area contributed by atoms with Crippen molar-refractivity contribution in [1.29, 1.82) is 0 Å². The lowest BCUT2D eigenvalue weighted by atomic mass is 9.94. The zero-order valence-corrected chi connectivity index (χ0v) is 18.0. The molecule has 0 radical (unpaired) electrons. The second kappa shape index (κ2) is 9.45. The van der Waals surface area contributed by atoms with Crippen LogP contribution in [0.2, 0.25) is 5.02 Å². The average Bonchev–Trinajstić information content (AvgIpc) is 3.64. The van der Waals surface area contributed by atoms with Crippen molar-refractivity contribution in [2.45, 2.75) is 49.9 Å². The van der Waals surface area contributed by atoms with Crippen molar-refractivity contribution in [2.24, 2.45) is 7.05 Å². The Morgan fingerprint density at radius 1 is 1.11 bits per heavy atom. The van der Waals surface area contributed by atoms with Crippen molar-refractivity contribution < 1.29 is 0 Å². The predicted molar refractivity (Wildman–Crippen MR) is 119 cm³/mol. The van der Waals surface area contributed by atoms with Crippen LogP contribution in [0, 0.1) is 12.8 Å². The second-order valence-electron chi connectivity index (χ2n) is 7.23. The van der Waals surface area contributed by atoms with Crippen LogP contribution in [0.1, 0.15) is 56.2 Å². The Kier molecular flexibility index (Phi) is 7.52. The summed E-state index contributed by atoms with van der Waals surface area (Å²) in [6, 6.07) is 8.18. The predicted octanol–water partition coefficient (Wildman–Crippen LogP) is 6.16. The third kappa shape index (κ3) is 4.35. The van der Waals surface area contributed by atoms with E-state index in [2.05, 4.69) is 53.4 Å². The van der Waals surface area contributed by atoms with E-state index in [-0.39, 0.29) is 10.8 Å². The van der Waals surface area contributed by atoms with Crippen LogP contribution in [0.25, 0.3) is 0 Å². The quantitative estimate of drug-likeness (QED) is 0.431. The van der Waals surface area contributed by atoms with Crippen LogP contribution in [0.15, 0.2) is 48.5 Å².